The summed E-state index contributed by atoms with van der Waals surface area (Å²) in [5, 5.41) is 50.2. The molecule has 2 aromatic carbocycles. The molecule has 0 unspecified atom stereocenters. The average Bonchev–Trinajstić information content (AvgIpc) is 2.71. The van der Waals surface area contributed by atoms with Gasteiger partial charge >= 0.3 is 0 Å². The molecule has 7 nitrogen and oxygen atoms in total. The van der Waals surface area contributed by atoms with Crippen molar-refractivity contribution in [2.45, 2.75) is 43.9 Å². The van der Waals surface area contributed by atoms with E-state index >= 15 is 0 Å². The molecule has 0 bridgehead atoms. The predicted molar refractivity (Wildman–Crippen MR) is 106 cm³/mol. The summed E-state index contributed by atoms with van der Waals surface area (Å²) in [7, 11) is 0. The first-order valence-corrected chi connectivity index (χ1v) is 9.77. The first-order valence-electron chi connectivity index (χ1n) is 9.39. The zero-order valence-corrected chi connectivity index (χ0v) is 16.7. The van der Waals surface area contributed by atoms with Crippen LogP contribution >= 0.6 is 11.6 Å². The van der Waals surface area contributed by atoms with Gasteiger partial charge in [0.1, 0.15) is 42.0 Å². The van der Waals surface area contributed by atoms with Gasteiger partial charge in [0, 0.05) is 0 Å². The van der Waals surface area contributed by atoms with Crippen LogP contribution in [0, 0.1) is 0 Å². The summed E-state index contributed by atoms with van der Waals surface area (Å²) in [6.45, 7) is 1.95. The molecular formula is C21H25ClO7. The van der Waals surface area contributed by atoms with Crippen LogP contribution in [0.5, 0.6) is 11.5 Å². The summed E-state index contributed by atoms with van der Waals surface area (Å²) in [6.07, 6.45) is -6.07. The number of ether oxygens (including phenoxy) is 2. The molecule has 0 amide bonds. The van der Waals surface area contributed by atoms with Gasteiger partial charge in [-0.2, -0.15) is 0 Å². The molecule has 1 aliphatic rings. The van der Waals surface area contributed by atoms with E-state index in [0.717, 1.165) is 11.3 Å². The van der Waals surface area contributed by atoms with Crippen LogP contribution in [-0.4, -0.2) is 63.2 Å². The number of phenols is 1. The number of halogens is 1. The van der Waals surface area contributed by atoms with Gasteiger partial charge in [-0.15, -0.1) is 0 Å². The van der Waals surface area contributed by atoms with Gasteiger partial charge in [0.25, 0.3) is 0 Å². The van der Waals surface area contributed by atoms with Crippen LogP contribution < -0.4 is 4.74 Å². The number of aromatic hydroxyl groups is 1. The Bertz CT molecular complexity index is 825. The van der Waals surface area contributed by atoms with E-state index in [1.165, 1.54) is 6.07 Å². The van der Waals surface area contributed by atoms with E-state index in [0.29, 0.717) is 24.2 Å². The Morgan fingerprint density at radius 2 is 1.72 bits per heavy atom. The first kappa shape index (κ1) is 21.8. The molecule has 0 spiro atoms. The zero-order chi connectivity index (χ0) is 21.1. The Morgan fingerprint density at radius 3 is 2.34 bits per heavy atom. The number of rotatable bonds is 6. The monoisotopic (exact) mass is 424 g/mol. The summed E-state index contributed by atoms with van der Waals surface area (Å²) in [6, 6.07) is 10.5. The summed E-state index contributed by atoms with van der Waals surface area (Å²) in [4.78, 5) is 0. The second-order valence-corrected chi connectivity index (χ2v) is 7.39. The fraction of sp³-hybridized carbons (Fsp3) is 0.429. The molecule has 1 aliphatic heterocycles. The zero-order valence-electron chi connectivity index (χ0n) is 15.9. The molecule has 2 aromatic rings. The van der Waals surface area contributed by atoms with Gasteiger partial charge in [-0.05, 0) is 48.2 Å². The Morgan fingerprint density at radius 1 is 1.03 bits per heavy atom. The molecule has 5 atom stereocenters. The predicted octanol–water partition coefficient (Wildman–Crippen LogP) is 1.55. The van der Waals surface area contributed by atoms with Crippen molar-refractivity contribution in [1.29, 1.82) is 0 Å². The van der Waals surface area contributed by atoms with Gasteiger partial charge in [-0.1, -0.05) is 29.8 Å². The van der Waals surface area contributed by atoms with E-state index in [9.17, 15) is 25.5 Å². The molecule has 5 N–H and O–H groups in total. The van der Waals surface area contributed by atoms with Crippen LogP contribution in [0.3, 0.4) is 0 Å². The minimum atomic E-state index is -1.50. The molecule has 0 aromatic heterocycles. The Kier molecular flexibility index (Phi) is 7.00. The fourth-order valence-electron chi connectivity index (χ4n) is 3.45. The van der Waals surface area contributed by atoms with Crippen molar-refractivity contribution in [1.82, 2.24) is 0 Å². The van der Waals surface area contributed by atoms with E-state index < -0.39 is 37.1 Å². The fourth-order valence-corrected chi connectivity index (χ4v) is 3.63. The highest BCUT2D eigenvalue weighted by atomic mass is 35.5. The van der Waals surface area contributed by atoms with Gasteiger partial charge in [0.05, 0.1) is 18.2 Å². The van der Waals surface area contributed by atoms with Crippen LogP contribution in [-0.2, 0) is 11.2 Å². The number of aliphatic hydroxyl groups excluding tert-OH is 4. The van der Waals surface area contributed by atoms with Crippen molar-refractivity contribution in [3.63, 3.8) is 0 Å². The minimum Gasteiger partial charge on any atom is -0.506 e. The number of benzene rings is 2. The van der Waals surface area contributed by atoms with Crippen LogP contribution in [0.4, 0.5) is 0 Å². The topological polar surface area (TPSA) is 120 Å². The lowest BCUT2D eigenvalue weighted by Gasteiger charge is -2.40. The van der Waals surface area contributed by atoms with Gasteiger partial charge in [0.15, 0.2) is 0 Å². The molecule has 1 heterocycles. The second-order valence-electron chi connectivity index (χ2n) is 7.02. The molecule has 158 valence electrons. The maximum Gasteiger partial charge on any atom is 0.134 e. The highest BCUT2D eigenvalue weighted by molar-refractivity contribution is 6.32. The second kappa shape index (κ2) is 9.30. The molecule has 1 saturated heterocycles. The molecule has 8 heteroatoms. The molecule has 29 heavy (non-hydrogen) atoms. The minimum absolute atomic E-state index is 0.173. The summed E-state index contributed by atoms with van der Waals surface area (Å²) in [5.41, 5.74) is 1.91. The molecule has 1 fully saturated rings. The van der Waals surface area contributed by atoms with Crippen LogP contribution in [0.2, 0.25) is 5.02 Å². The number of hydrogen-bond acceptors (Lipinski definition) is 7. The summed E-state index contributed by atoms with van der Waals surface area (Å²) in [5.74, 6) is 0.558. The Labute approximate surface area is 173 Å². The lowest BCUT2D eigenvalue weighted by atomic mass is 9.90. The van der Waals surface area contributed by atoms with Crippen molar-refractivity contribution >= 4 is 11.6 Å². The number of hydrogen-bond donors (Lipinski definition) is 5. The average molecular weight is 425 g/mol. The highest BCUT2D eigenvalue weighted by Gasteiger charge is 2.44. The number of aliphatic hydroxyl groups is 4. The van der Waals surface area contributed by atoms with Crippen LogP contribution in [0.1, 0.15) is 29.7 Å². The van der Waals surface area contributed by atoms with Crippen molar-refractivity contribution < 1.29 is 35.0 Å². The van der Waals surface area contributed by atoms with Gasteiger partial charge in [-0.25, -0.2) is 0 Å². The van der Waals surface area contributed by atoms with Gasteiger partial charge < -0.3 is 35.0 Å². The van der Waals surface area contributed by atoms with Gasteiger partial charge in [0.2, 0.25) is 0 Å². The largest absolute Gasteiger partial charge is 0.506 e. The van der Waals surface area contributed by atoms with Crippen molar-refractivity contribution in [2.75, 3.05) is 13.2 Å². The van der Waals surface area contributed by atoms with E-state index in [4.69, 9.17) is 21.1 Å². The van der Waals surface area contributed by atoms with E-state index in [1.807, 2.05) is 31.2 Å². The molecule has 0 saturated carbocycles. The Balaban J connectivity index is 1.89. The normalized spacial score (nSPS) is 27.0. The third-order valence-corrected chi connectivity index (χ3v) is 5.44. The lowest BCUT2D eigenvalue weighted by molar-refractivity contribution is -0.231. The maximum atomic E-state index is 10.4. The van der Waals surface area contributed by atoms with Crippen molar-refractivity contribution in [3.05, 3.63) is 58.1 Å². The smallest absolute Gasteiger partial charge is 0.134 e. The number of phenolic OH excluding ortho intramolecular Hbond substituents is 1. The first-order chi connectivity index (χ1) is 13.8. The summed E-state index contributed by atoms with van der Waals surface area (Å²) >= 11 is 6.27. The lowest BCUT2D eigenvalue weighted by Crippen LogP contribution is -2.55. The van der Waals surface area contributed by atoms with E-state index in [-0.39, 0.29) is 10.8 Å². The highest BCUT2D eigenvalue weighted by Crippen LogP contribution is 2.38. The third-order valence-electron chi connectivity index (χ3n) is 5.00. The molecule has 0 radical (unpaired) electrons. The van der Waals surface area contributed by atoms with Gasteiger partial charge in [-0.3, -0.25) is 0 Å². The standard InChI is InChI=1S/C21H25ClO7/c1-2-28-14-5-3-11(4-6-14)7-12-8-13(9-15(24)17(12)22)21-20(27)19(26)18(25)16(10-23)29-21/h3-6,8-9,16,18-21,23-27H,2,7,10H2,1H3/t16-,18-,19+,20-,21+/m1/s1. The van der Waals surface area contributed by atoms with E-state index in [1.54, 1.807) is 6.07 Å². The van der Waals surface area contributed by atoms with Crippen LogP contribution in [0.15, 0.2) is 36.4 Å². The SMILES string of the molecule is CCOc1ccc(Cc2cc([C@@H]3O[C@H](CO)[C@@H](O)[C@H](O)[C@H]3O)cc(O)c2Cl)cc1. The maximum absolute atomic E-state index is 10.4. The van der Waals surface area contributed by atoms with E-state index in [2.05, 4.69) is 0 Å². The third kappa shape index (κ3) is 4.66. The van der Waals surface area contributed by atoms with Crippen molar-refractivity contribution in [2.24, 2.45) is 0 Å². The molecular weight excluding hydrogens is 400 g/mol. The molecule has 0 aliphatic carbocycles. The molecule has 3 rings (SSSR count). The van der Waals surface area contributed by atoms with Crippen LogP contribution in [0.25, 0.3) is 0 Å². The Hall–Kier alpha value is -1.87. The summed E-state index contributed by atoms with van der Waals surface area (Å²) < 4.78 is 11.0. The quantitative estimate of drug-likeness (QED) is 0.477. The van der Waals surface area contributed by atoms with Crippen molar-refractivity contribution in [3.8, 4) is 11.5 Å².